The third-order valence-electron chi connectivity index (χ3n) is 7.93. The van der Waals surface area contributed by atoms with E-state index >= 15 is 0 Å². The summed E-state index contributed by atoms with van der Waals surface area (Å²) in [5.74, 6) is -3.21. The van der Waals surface area contributed by atoms with Crippen LogP contribution in [0.25, 0.3) is 0 Å². The van der Waals surface area contributed by atoms with Gasteiger partial charge in [0.1, 0.15) is 5.60 Å². The molecule has 0 heterocycles. The average Bonchev–Trinajstić information content (AvgIpc) is 2.71. The standard InChI is InChI=1S/C23H34F4O6S/c1-14(2)22(18-9-16-8-17(11-18)12-19(22)10-16)33-20(28)15(3)13-32-7-5-4-6-21(24,25)23(26,27)34(29,30)31/h14,16-19H,3-13H2,1-2H3,(H,29,30,31). The molecule has 0 spiro atoms. The number of hydrogen-bond donors (Lipinski definition) is 1. The summed E-state index contributed by atoms with van der Waals surface area (Å²) in [6, 6.07) is 0. The van der Waals surface area contributed by atoms with Gasteiger partial charge in [-0.1, -0.05) is 20.4 Å². The van der Waals surface area contributed by atoms with Crippen molar-refractivity contribution in [1.82, 2.24) is 0 Å². The lowest BCUT2D eigenvalue weighted by atomic mass is 9.47. The summed E-state index contributed by atoms with van der Waals surface area (Å²) in [6.07, 6.45) is 3.55. The first kappa shape index (κ1) is 27.4. The lowest BCUT2D eigenvalue weighted by molar-refractivity contribution is -0.222. The van der Waals surface area contributed by atoms with Gasteiger partial charge in [0.2, 0.25) is 0 Å². The van der Waals surface area contributed by atoms with Gasteiger partial charge in [0.15, 0.2) is 0 Å². The van der Waals surface area contributed by atoms with Crippen LogP contribution in [0, 0.1) is 29.6 Å². The Morgan fingerprint density at radius 1 is 1.06 bits per heavy atom. The first-order chi connectivity index (χ1) is 15.6. The van der Waals surface area contributed by atoms with Gasteiger partial charge in [-0.2, -0.15) is 26.0 Å². The molecule has 34 heavy (non-hydrogen) atoms. The molecular weight excluding hydrogens is 480 g/mol. The first-order valence-electron chi connectivity index (χ1n) is 11.8. The zero-order valence-electron chi connectivity index (χ0n) is 19.6. The molecule has 1 N–H and O–H groups in total. The van der Waals surface area contributed by atoms with Gasteiger partial charge < -0.3 is 9.47 Å². The van der Waals surface area contributed by atoms with E-state index in [1.54, 1.807) is 0 Å². The van der Waals surface area contributed by atoms with Crippen LogP contribution in [0.3, 0.4) is 0 Å². The molecule has 4 bridgehead atoms. The van der Waals surface area contributed by atoms with Gasteiger partial charge in [-0.05, 0) is 74.5 Å². The molecule has 0 amide bonds. The minimum atomic E-state index is -6.24. The fourth-order valence-electron chi connectivity index (χ4n) is 6.52. The third kappa shape index (κ3) is 5.02. The van der Waals surface area contributed by atoms with Crippen LogP contribution in [0.4, 0.5) is 17.6 Å². The predicted octanol–water partition coefficient (Wildman–Crippen LogP) is 5.24. The number of rotatable bonds is 12. The zero-order chi connectivity index (χ0) is 25.5. The smallest absolute Gasteiger partial charge is 0.431 e. The van der Waals surface area contributed by atoms with Crippen LogP contribution in [0.1, 0.15) is 65.2 Å². The Morgan fingerprint density at radius 3 is 2.06 bits per heavy atom. The summed E-state index contributed by atoms with van der Waals surface area (Å²) in [5, 5.41) is -5.57. The van der Waals surface area contributed by atoms with Crippen LogP contribution in [-0.2, 0) is 24.4 Å². The topological polar surface area (TPSA) is 89.9 Å². The van der Waals surface area contributed by atoms with Crippen LogP contribution in [0.2, 0.25) is 0 Å². The highest BCUT2D eigenvalue weighted by atomic mass is 32.2. The molecule has 196 valence electrons. The number of hydrogen-bond acceptors (Lipinski definition) is 5. The summed E-state index contributed by atoms with van der Waals surface area (Å²) < 4.78 is 94.1. The molecule has 11 heteroatoms. The number of halogens is 4. The lowest BCUT2D eigenvalue weighted by Crippen LogP contribution is -2.62. The largest absolute Gasteiger partial charge is 0.455 e. The van der Waals surface area contributed by atoms with Crippen LogP contribution < -0.4 is 0 Å². The summed E-state index contributed by atoms with van der Waals surface area (Å²) in [6.45, 7) is 7.58. The monoisotopic (exact) mass is 514 g/mol. The van der Waals surface area contributed by atoms with E-state index in [1.165, 1.54) is 6.42 Å². The highest BCUT2D eigenvalue weighted by Gasteiger charge is 2.65. The van der Waals surface area contributed by atoms with Crippen molar-refractivity contribution in [2.24, 2.45) is 29.6 Å². The van der Waals surface area contributed by atoms with Crippen LogP contribution in [0.15, 0.2) is 12.2 Å². The Bertz CT molecular complexity index is 858. The van der Waals surface area contributed by atoms with Gasteiger partial charge in [-0.3, -0.25) is 4.55 Å². The molecule has 4 saturated carbocycles. The molecule has 4 aliphatic rings. The van der Waals surface area contributed by atoms with E-state index in [0.29, 0.717) is 23.7 Å². The Kier molecular flexibility index (Phi) is 7.80. The molecule has 0 aromatic rings. The summed E-state index contributed by atoms with van der Waals surface area (Å²) in [5.41, 5.74) is -0.422. The average molecular weight is 515 g/mol. The van der Waals surface area contributed by atoms with Crippen molar-refractivity contribution in [3.8, 4) is 0 Å². The molecule has 0 aromatic carbocycles. The van der Waals surface area contributed by atoms with E-state index in [9.17, 15) is 30.8 Å². The second kappa shape index (κ2) is 9.69. The maximum atomic E-state index is 13.5. The molecule has 0 atom stereocenters. The highest BCUT2D eigenvalue weighted by molar-refractivity contribution is 7.87. The molecule has 0 radical (unpaired) electrons. The predicted molar refractivity (Wildman–Crippen MR) is 116 cm³/mol. The third-order valence-corrected chi connectivity index (χ3v) is 8.88. The molecule has 0 saturated heterocycles. The van der Waals surface area contributed by atoms with E-state index < -0.39 is 45.7 Å². The van der Waals surface area contributed by atoms with Crippen molar-refractivity contribution in [3.05, 3.63) is 12.2 Å². The number of alkyl halides is 4. The second-order valence-electron chi connectivity index (χ2n) is 10.5. The second-order valence-corrected chi connectivity index (χ2v) is 12.0. The molecule has 4 aliphatic carbocycles. The van der Waals surface area contributed by atoms with Crippen LogP contribution in [-0.4, -0.2) is 48.9 Å². The number of unbranched alkanes of at least 4 members (excludes halogenated alkanes) is 1. The van der Waals surface area contributed by atoms with Crippen molar-refractivity contribution >= 4 is 16.1 Å². The zero-order valence-corrected chi connectivity index (χ0v) is 20.4. The SMILES string of the molecule is C=C(COCCCCC(F)(F)C(F)(F)S(=O)(=O)O)C(=O)OC1(C(C)C)C2CC3CC(C2)CC1C3. The Hall–Kier alpha value is -1.20. The Morgan fingerprint density at radius 2 is 1.59 bits per heavy atom. The number of carbonyl (C=O) groups excluding carboxylic acids is 1. The van der Waals surface area contributed by atoms with E-state index in [1.807, 2.05) is 0 Å². The van der Waals surface area contributed by atoms with E-state index in [0.717, 1.165) is 25.7 Å². The molecule has 4 fully saturated rings. The van der Waals surface area contributed by atoms with Crippen molar-refractivity contribution in [2.75, 3.05) is 13.2 Å². The molecule has 0 aromatic heterocycles. The summed E-state index contributed by atoms with van der Waals surface area (Å²) in [4.78, 5) is 12.8. The van der Waals surface area contributed by atoms with Gasteiger partial charge in [0.25, 0.3) is 0 Å². The summed E-state index contributed by atoms with van der Waals surface area (Å²) >= 11 is 0. The van der Waals surface area contributed by atoms with Crippen LogP contribution in [0.5, 0.6) is 0 Å². The molecule has 6 nitrogen and oxygen atoms in total. The van der Waals surface area contributed by atoms with E-state index in [4.69, 9.17) is 14.0 Å². The summed E-state index contributed by atoms with van der Waals surface area (Å²) in [7, 11) is -6.24. The van der Waals surface area contributed by atoms with E-state index in [-0.39, 0.29) is 31.1 Å². The normalized spacial score (nSPS) is 31.2. The first-order valence-corrected chi connectivity index (χ1v) is 13.3. The number of ether oxygens (including phenoxy) is 2. The van der Waals surface area contributed by atoms with Crippen molar-refractivity contribution < 1.29 is 44.8 Å². The fourth-order valence-corrected chi connectivity index (χ4v) is 7.00. The minimum Gasteiger partial charge on any atom is -0.455 e. The van der Waals surface area contributed by atoms with E-state index in [2.05, 4.69) is 20.4 Å². The Labute approximate surface area is 198 Å². The van der Waals surface area contributed by atoms with Gasteiger partial charge >= 0.3 is 27.3 Å². The molecular formula is C23H34F4O6S. The minimum absolute atomic E-state index is 0.0810. The van der Waals surface area contributed by atoms with Gasteiger partial charge in [-0.25, -0.2) is 4.79 Å². The molecule has 0 aliphatic heterocycles. The maximum Gasteiger partial charge on any atom is 0.431 e. The van der Waals surface area contributed by atoms with Crippen molar-refractivity contribution in [2.45, 2.75) is 82.0 Å². The van der Waals surface area contributed by atoms with Crippen LogP contribution >= 0.6 is 0 Å². The van der Waals surface area contributed by atoms with Gasteiger partial charge in [-0.15, -0.1) is 0 Å². The van der Waals surface area contributed by atoms with Gasteiger partial charge in [0, 0.05) is 13.0 Å². The maximum absolute atomic E-state index is 13.5. The van der Waals surface area contributed by atoms with Gasteiger partial charge in [0.05, 0.1) is 12.2 Å². The molecule has 0 unspecified atom stereocenters. The lowest BCUT2D eigenvalue weighted by Gasteiger charge is -2.61. The number of carbonyl (C=O) groups is 1. The van der Waals surface area contributed by atoms with Crippen molar-refractivity contribution in [1.29, 1.82) is 0 Å². The molecule has 4 rings (SSSR count). The quantitative estimate of drug-likeness (QED) is 0.126. The number of esters is 1. The highest BCUT2D eigenvalue weighted by Crippen LogP contribution is 2.61. The Balaban J connectivity index is 1.44. The fraction of sp³-hybridized carbons (Fsp3) is 0.870. The van der Waals surface area contributed by atoms with Crippen molar-refractivity contribution in [3.63, 3.8) is 0 Å².